The van der Waals surface area contributed by atoms with Gasteiger partial charge in [0.2, 0.25) is 0 Å². The Morgan fingerprint density at radius 1 is 1.32 bits per heavy atom. The summed E-state index contributed by atoms with van der Waals surface area (Å²) in [5.74, 6) is 0.816. The topological polar surface area (TPSA) is 39.5 Å². The molecule has 1 aromatic carbocycles. The quantitative estimate of drug-likeness (QED) is 0.802. The smallest absolute Gasteiger partial charge is 0.264 e. The molecule has 0 bridgehead atoms. The van der Waals surface area contributed by atoms with E-state index >= 15 is 0 Å². The van der Waals surface area contributed by atoms with Crippen LogP contribution in [-0.4, -0.2) is 54.0 Å². The highest BCUT2D eigenvalue weighted by Gasteiger charge is 2.25. The molecule has 0 radical (unpaired) electrons. The van der Waals surface area contributed by atoms with Gasteiger partial charge in [-0.25, -0.2) is 8.78 Å². The molecule has 2 aromatic rings. The number of ether oxygens (including phenoxy) is 2. The van der Waals surface area contributed by atoms with Crippen LogP contribution >= 0.6 is 0 Å². The zero-order valence-electron chi connectivity index (χ0n) is 14.3. The van der Waals surface area contributed by atoms with E-state index in [0.29, 0.717) is 39.2 Å². The van der Waals surface area contributed by atoms with Gasteiger partial charge in [-0.1, -0.05) is 6.07 Å². The molecule has 1 fully saturated rings. The molecular weight excluding hydrogens is 328 g/mol. The first-order chi connectivity index (χ1) is 12.2. The SMILES string of the molecule is COc1ccc(CN2CCOC(C(F)F)CC2)cc1Cn1cccn1. The second-order valence-corrected chi connectivity index (χ2v) is 6.16. The summed E-state index contributed by atoms with van der Waals surface area (Å²) in [4.78, 5) is 2.15. The van der Waals surface area contributed by atoms with Crippen molar-refractivity contribution >= 4 is 0 Å². The van der Waals surface area contributed by atoms with Crippen molar-refractivity contribution in [2.24, 2.45) is 0 Å². The summed E-state index contributed by atoms with van der Waals surface area (Å²) in [5, 5.41) is 4.23. The molecule has 2 heterocycles. The minimum atomic E-state index is -2.42. The summed E-state index contributed by atoms with van der Waals surface area (Å²) >= 11 is 0. The molecule has 0 saturated carbocycles. The Labute approximate surface area is 146 Å². The van der Waals surface area contributed by atoms with Crippen LogP contribution in [0.25, 0.3) is 0 Å². The molecule has 1 unspecified atom stereocenters. The number of benzene rings is 1. The largest absolute Gasteiger partial charge is 0.496 e. The van der Waals surface area contributed by atoms with Crippen LogP contribution in [0.3, 0.4) is 0 Å². The zero-order valence-corrected chi connectivity index (χ0v) is 14.3. The highest BCUT2D eigenvalue weighted by atomic mass is 19.3. The number of rotatable bonds is 6. The molecule has 1 aromatic heterocycles. The predicted molar refractivity (Wildman–Crippen MR) is 90.0 cm³/mol. The van der Waals surface area contributed by atoms with E-state index in [1.54, 1.807) is 13.3 Å². The van der Waals surface area contributed by atoms with Crippen molar-refractivity contribution in [2.45, 2.75) is 32.0 Å². The van der Waals surface area contributed by atoms with Gasteiger partial charge in [0, 0.05) is 37.6 Å². The fourth-order valence-electron chi connectivity index (χ4n) is 3.08. The second kappa shape index (κ2) is 8.40. The fraction of sp³-hybridized carbons (Fsp3) is 0.500. The van der Waals surface area contributed by atoms with Crippen LogP contribution in [0.4, 0.5) is 8.78 Å². The monoisotopic (exact) mass is 351 g/mol. The first-order valence-corrected chi connectivity index (χ1v) is 8.41. The van der Waals surface area contributed by atoms with Crippen molar-refractivity contribution in [3.63, 3.8) is 0 Å². The first kappa shape index (κ1) is 17.8. The van der Waals surface area contributed by atoms with Gasteiger partial charge in [-0.15, -0.1) is 0 Å². The van der Waals surface area contributed by atoms with Gasteiger partial charge in [0.25, 0.3) is 6.43 Å². The third-order valence-electron chi connectivity index (χ3n) is 4.39. The maximum Gasteiger partial charge on any atom is 0.264 e. The first-order valence-electron chi connectivity index (χ1n) is 8.41. The van der Waals surface area contributed by atoms with E-state index in [0.717, 1.165) is 16.9 Å². The van der Waals surface area contributed by atoms with Gasteiger partial charge >= 0.3 is 0 Å². The van der Waals surface area contributed by atoms with Gasteiger partial charge in [-0.3, -0.25) is 9.58 Å². The zero-order chi connectivity index (χ0) is 17.6. The third-order valence-corrected chi connectivity index (χ3v) is 4.39. The van der Waals surface area contributed by atoms with Crippen LogP contribution in [0.2, 0.25) is 0 Å². The summed E-state index contributed by atoms with van der Waals surface area (Å²) < 4.78 is 38.1. The lowest BCUT2D eigenvalue weighted by atomic mass is 10.1. The maximum absolute atomic E-state index is 12.8. The van der Waals surface area contributed by atoms with Crippen LogP contribution in [-0.2, 0) is 17.8 Å². The summed E-state index contributed by atoms with van der Waals surface area (Å²) in [6, 6.07) is 7.94. The van der Waals surface area contributed by atoms with Crippen molar-refractivity contribution < 1.29 is 18.3 Å². The van der Waals surface area contributed by atoms with Gasteiger partial charge < -0.3 is 9.47 Å². The highest BCUT2D eigenvalue weighted by Crippen LogP contribution is 2.22. The summed E-state index contributed by atoms with van der Waals surface area (Å²) in [6.07, 6.45) is 0.641. The molecule has 0 spiro atoms. The highest BCUT2D eigenvalue weighted by molar-refractivity contribution is 5.37. The molecule has 3 rings (SSSR count). The minimum Gasteiger partial charge on any atom is -0.496 e. The number of hydrogen-bond donors (Lipinski definition) is 0. The third kappa shape index (κ3) is 4.76. The molecule has 0 N–H and O–H groups in total. The van der Waals surface area contributed by atoms with Crippen LogP contribution in [0.5, 0.6) is 5.75 Å². The predicted octanol–water partition coefficient (Wildman–Crippen LogP) is 2.80. The molecule has 0 amide bonds. The molecule has 1 aliphatic rings. The van der Waals surface area contributed by atoms with Crippen molar-refractivity contribution in [3.05, 3.63) is 47.8 Å². The molecule has 1 saturated heterocycles. The lowest BCUT2D eigenvalue weighted by Crippen LogP contribution is -2.26. The molecule has 1 atom stereocenters. The van der Waals surface area contributed by atoms with Gasteiger partial charge in [-0.2, -0.15) is 5.10 Å². The maximum atomic E-state index is 12.8. The summed E-state index contributed by atoms with van der Waals surface area (Å²) in [5.41, 5.74) is 2.17. The van der Waals surface area contributed by atoms with E-state index in [2.05, 4.69) is 16.1 Å². The second-order valence-electron chi connectivity index (χ2n) is 6.16. The van der Waals surface area contributed by atoms with Gasteiger partial charge in [0.05, 0.1) is 20.3 Å². The lowest BCUT2D eigenvalue weighted by molar-refractivity contribution is -0.0496. The Balaban J connectivity index is 1.68. The van der Waals surface area contributed by atoms with Gasteiger partial charge in [0.15, 0.2) is 0 Å². The Hall–Kier alpha value is -1.99. The standard InChI is InChI=1S/C18H23F2N3O2/c1-24-16-4-3-14(11-15(16)13-23-7-2-6-21-23)12-22-8-5-17(18(19)20)25-10-9-22/h2-4,6-7,11,17-18H,5,8-10,12-13H2,1H3. The van der Waals surface area contributed by atoms with Crippen LogP contribution < -0.4 is 4.74 Å². The average Bonchev–Trinajstić information content (AvgIpc) is 2.99. The van der Waals surface area contributed by atoms with E-state index < -0.39 is 12.5 Å². The number of nitrogens with zero attached hydrogens (tertiary/aromatic N) is 3. The molecule has 25 heavy (non-hydrogen) atoms. The number of halogens is 2. The van der Waals surface area contributed by atoms with E-state index in [9.17, 15) is 8.78 Å². The number of aromatic nitrogens is 2. The van der Waals surface area contributed by atoms with Gasteiger partial charge in [0.1, 0.15) is 11.9 Å². The Bertz CT molecular complexity index is 664. The number of hydrogen-bond acceptors (Lipinski definition) is 4. The van der Waals surface area contributed by atoms with E-state index in [4.69, 9.17) is 9.47 Å². The van der Waals surface area contributed by atoms with Crippen molar-refractivity contribution in [3.8, 4) is 5.75 Å². The lowest BCUT2D eigenvalue weighted by Gasteiger charge is -2.20. The number of methoxy groups -OCH3 is 1. The van der Waals surface area contributed by atoms with E-state index in [1.165, 1.54) is 0 Å². The molecule has 5 nitrogen and oxygen atoms in total. The number of alkyl halides is 2. The molecule has 7 heteroatoms. The Morgan fingerprint density at radius 2 is 2.20 bits per heavy atom. The molecule has 136 valence electrons. The average molecular weight is 351 g/mol. The molecule has 0 aliphatic carbocycles. The van der Waals surface area contributed by atoms with Crippen LogP contribution in [0.1, 0.15) is 17.5 Å². The van der Waals surface area contributed by atoms with Gasteiger partial charge in [-0.05, 0) is 30.2 Å². The normalized spacial score (nSPS) is 19.1. The van der Waals surface area contributed by atoms with E-state index in [-0.39, 0.29) is 0 Å². The Morgan fingerprint density at radius 3 is 2.92 bits per heavy atom. The van der Waals surface area contributed by atoms with Crippen molar-refractivity contribution in [2.75, 3.05) is 26.8 Å². The molecular formula is C18H23F2N3O2. The van der Waals surface area contributed by atoms with Crippen molar-refractivity contribution in [1.29, 1.82) is 0 Å². The van der Waals surface area contributed by atoms with Crippen molar-refractivity contribution in [1.82, 2.24) is 14.7 Å². The summed E-state index contributed by atoms with van der Waals surface area (Å²) in [7, 11) is 1.65. The van der Waals surface area contributed by atoms with Crippen LogP contribution in [0, 0.1) is 0 Å². The van der Waals surface area contributed by atoms with Crippen LogP contribution in [0.15, 0.2) is 36.7 Å². The van der Waals surface area contributed by atoms with E-state index in [1.807, 2.05) is 29.1 Å². The summed E-state index contributed by atoms with van der Waals surface area (Å²) in [6.45, 7) is 2.93. The fourth-order valence-corrected chi connectivity index (χ4v) is 3.08. The minimum absolute atomic E-state index is 0.339. The molecule has 1 aliphatic heterocycles. The Kier molecular flexibility index (Phi) is 5.99.